The van der Waals surface area contributed by atoms with Crippen molar-refractivity contribution in [1.29, 1.82) is 0 Å². The van der Waals surface area contributed by atoms with Gasteiger partial charge in [-0.05, 0) is 30.7 Å². The standard InChI is InChI=1S/C23H23N5O3/c1-2-3-6-11-25-23(29)19-20-22(27-16-8-5-4-7-15(16)26-20)28(21(19)24)14-9-10-17-18(12-14)31-13-30-17/h4-5,7-10,12H,2-3,6,11,13,24H2,1H3,(H,25,29). The number of nitrogens with one attached hydrogen (secondary N) is 1. The van der Waals surface area contributed by atoms with E-state index in [2.05, 4.69) is 12.2 Å². The Labute approximate surface area is 179 Å². The number of carbonyl (C=O) groups is 1. The van der Waals surface area contributed by atoms with E-state index in [0.29, 0.717) is 40.3 Å². The number of ether oxygens (including phenoxy) is 2. The van der Waals surface area contributed by atoms with E-state index in [1.54, 1.807) is 4.57 Å². The second-order valence-corrected chi connectivity index (χ2v) is 7.48. The molecule has 1 amide bonds. The van der Waals surface area contributed by atoms with Crippen LogP contribution in [0.3, 0.4) is 0 Å². The number of fused-ring (bicyclic) bond motifs is 3. The number of aromatic nitrogens is 3. The molecule has 0 atom stereocenters. The Morgan fingerprint density at radius 2 is 1.87 bits per heavy atom. The molecule has 4 aromatic rings. The maximum absolute atomic E-state index is 13.1. The van der Waals surface area contributed by atoms with Gasteiger partial charge in [0.1, 0.15) is 16.9 Å². The minimum atomic E-state index is -0.248. The van der Waals surface area contributed by atoms with Gasteiger partial charge in [-0.2, -0.15) is 0 Å². The van der Waals surface area contributed by atoms with Crippen molar-refractivity contribution < 1.29 is 14.3 Å². The summed E-state index contributed by atoms with van der Waals surface area (Å²) in [5.41, 5.74) is 10.0. The summed E-state index contributed by atoms with van der Waals surface area (Å²) in [6.07, 6.45) is 3.05. The average molecular weight is 417 g/mol. The molecule has 0 bridgehead atoms. The van der Waals surface area contributed by atoms with Gasteiger partial charge in [0.05, 0.1) is 16.7 Å². The summed E-state index contributed by atoms with van der Waals surface area (Å²) in [6.45, 7) is 2.89. The van der Waals surface area contributed by atoms with Gasteiger partial charge < -0.3 is 20.5 Å². The van der Waals surface area contributed by atoms with E-state index in [9.17, 15) is 4.79 Å². The Morgan fingerprint density at radius 3 is 2.68 bits per heavy atom. The zero-order valence-electron chi connectivity index (χ0n) is 17.2. The zero-order chi connectivity index (χ0) is 21.4. The van der Waals surface area contributed by atoms with E-state index >= 15 is 0 Å². The molecule has 0 fully saturated rings. The van der Waals surface area contributed by atoms with Crippen LogP contribution >= 0.6 is 0 Å². The van der Waals surface area contributed by atoms with Crippen LogP contribution in [0.4, 0.5) is 5.82 Å². The third kappa shape index (κ3) is 3.30. The summed E-state index contributed by atoms with van der Waals surface area (Å²) < 4.78 is 12.7. The molecule has 31 heavy (non-hydrogen) atoms. The second-order valence-electron chi connectivity index (χ2n) is 7.48. The molecule has 0 radical (unpaired) electrons. The quantitative estimate of drug-likeness (QED) is 0.463. The lowest BCUT2D eigenvalue weighted by Gasteiger charge is -2.09. The number of nitrogens with zero attached hydrogens (tertiary/aromatic N) is 3. The molecular weight excluding hydrogens is 394 g/mol. The van der Waals surface area contributed by atoms with Crippen LogP contribution < -0.4 is 20.5 Å². The molecule has 1 aliphatic rings. The molecule has 0 saturated carbocycles. The lowest BCUT2D eigenvalue weighted by molar-refractivity contribution is 0.0955. The Morgan fingerprint density at radius 1 is 1.10 bits per heavy atom. The smallest absolute Gasteiger partial charge is 0.257 e. The predicted molar refractivity (Wildman–Crippen MR) is 119 cm³/mol. The first kappa shape index (κ1) is 19.2. The zero-order valence-corrected chi connectivity index (χ0v) is 17.2. The Bertz CT molecular complexity index is 1300. The molecule has 0 spiro atoms. The molecule has 5 rings (SSSR count). The van der Waals surface area contributed by atoms with Crippen molar-refractivity contribution in [2.24, 2.45) is 0 Å². The summed E-state index contributed by atoms with van der Waals surface area (Å²) in [6, 6.07) is 13.1. The monoisotopic (exact) mass is 417 g/mol. The molecule has 158 valence electrons. The highest BCUT2D eigenvalue weighted by molar-refractivity contribution is 6.11. The Hall–Kier alpha value is -3.81. The highest BCUT2D eigenvalue weighted by Gasteiger charge is 2.25. The van der Waals surface area contributed by atoms with Crippen LogP contribution in [0.5, 0.6) is 11.5 Å². The first-order chi connectivity index (χ1) is 15.2. The minimum Gasteiger partial charge on any atom is -0.454 e. The van der Waals surface area contributed by atoms with Gasteiger partial charge in [0, 0.05) is 12.6 Å². The lowest BCUT2D eigenvalue weighted by Crippen LogP contribution is -2.25. The van der Waals surface area contributed by atoms with Gasteiger partial charge in [0.25, 0.3) is 5.91 Å². The largest absolute Gasteiger partial charge is 0.454 e. The SMILES string of the molecule is CCCCCNC(=O)c1c(N)n(-c2ccc3c(c2)OCO3)c2nc3ccccc3nc12. The van der Waals surface area contributed by atoms with Crippen LogP contribution in [0.1, 0.15) is 36.5 Å². The van der Waals surface area contributed by atoms with Crippen molar-refractivity contribution in [3.8, 4) is 17.2 Å². The minimum absolute atomic E-state index is 0.177. The van der Waals surface area contributed by atoms with Crippen LogP contribution in [0.25, 0.3) is 27.9 Å². The van der Waals surface area contributed by atoms with E-state index in [0.717, 1.165) is 30.5 Å². The normalized spacial score (nSPS) is 12.5. The molecule has 2 aromatic heterocycles. The topological polar surface area (TPSA) is 104 Å². The van der Waals surface area contributed by atoms with Gasteiger partial charge >= 0.3 is 0 Å². The summed E-state index contributed by atoms with van der Waals surface area (Å²) in [7, 11) is 0. The molecule has 0 saturated heterocycles. The van der Waals surface area contributed by atoms with Gasteiger partial charge in [-0.25, -0.2) is 9.97 Å². The fraction of sp³-hybridized carbons (Fsp3) is 0.261. The highest BCUT2D eigenvalue weighted by atomic mass is 16.7. The number of hydrogen-bond donors (Lipinski definition) is 2. The average Bonchev–Trinajstić information content (AvgIpc) is 3.35. The molecule has 8 nitrogen and oxygen atoms in total. The third-order valence-corrected chi connectivity index (χ3v) is 5.41. The Balaban J connectivity index is 1.68. The van der Waals surface area contributed by atoms with E-state index in [1.807, 2.05) is 42.5 Å². The van der Waals surface area contributed by atoms with Crippen molar-refractivity contribution in [1.82, 2.24) is 19.9 Å². The van der Waals surface area contributed by atoms with Gasteiger partial charge in [0.2, 0.25) is 6.79 Å². The maximum Gasteiger partial charge on any atom is 0.257 e. The fourth-order valence-corrected chi connectivity index (χ4v) is 3.84. The number of hydrogen-bond acceptors (Lipinski definition) is 6. The van der Waals surface area contributed by atoms with Crippen molar-refractivity contribution >= 4 is 33.9 Å². The molecule has 0 aliphatic carbocycles. The summed E-state index contributed by atoms with van der Waals surface area (Å²) in [5.74, 6) is 1.34. The molecule has 2 aromatic carbocycles. The molecule has 8 heteroatoms. The van der Waals surface area contributed by atoms with Crippen LogP contribution in [-0.2, 0) is 0 Å². The van der Waals surface area contributed by atoms with Crippen molar-refractivity contribution in [3.05, 3.63) is 48.0 Å². The molecule has 0 unspecified atom stereocenters. The first-order valence-electron chi connectivity index (χ1n) is 10.4. The number of amides is 1. The number of unbranched alkanes of at least 4 members (excludes halogenated alkanes) is 2. The maximum atomic E-state index is 13.1. The summed E-state index contributed by atoms with van der Waals surface area (Å²) in [4.78, 5) is 22.6. The first-order valence-corrected chi connectivity index (χ1v) is 10.4. The molecule has 3 heterocycles. The number of nitrogen functional groups attached to an aromatic ring is 1. The van der Waals surface area contributed by atoms with Gasteiger partial charge in [-0.3, -0.25) is 9.36 Å². The second kappa shape index (κ2) is 7.79. The van der Waals surface area contributed by atoms with Crippen molar-refractivity contribution in [2.45, 2.75) is 26.2 Å². The van der Waals surface area contributed by atoms with E-state index in [4.69, 9.17) is 25.2 Å². The predicted octanol–water partition coefficient (Wildman–Crippen LogP) is 3.80. The number of benzene rings is 2. The molecular formula is C23H23N5O3. The van der Waals surface area contributed by atoms with Crippen LogP contribution in [0, 0.1) is 0 Å². The highest BCUT2D eigenvalue weighted by Crippen LogP contribution is 2.37. The van der Waals surface area contributed by atoms with Gasteiger partial charge in [-0.15, -0.1) is 0 Å². The number of rotatable bonds is 6. The van der Waals surface area contributed by atoms with E-state index in [1.165, 1.54) is 0 Å². The number of nitrogens with two attached hydrogens (primary N) is 1. The number of para-hydroxylation sites is 2. The van der Waals surface area contributed by atoms with E-state index in [-0.39, 0.29) is 18.5 Å². The van der Waals surface area contributed by atoms with Crippen LogP contribution in [-0.4, -0.2) is 33.8 Å². The Kier molecular flexibility index (Phi) is 4.82. The fourth-order valence-electron chi connectivity index (χ4n) is 3.84. The molecule has 1 aliphatic heterocycles. The third-order valence-electron chi connectivity index (χ3n) is 5.41. The van der Waals surface area contributed by atoms with Crippen LogP contribution in [0.15, 0.2) is 42.5 Å². The van der Waals surface area contributed by atoms with Gasteiger partial charge in [-0.1, -0.05) is 31.9 Å². The summed E-state index contributed by atoms with van der Waals surface area (Å²) in [5, 5.41) is 2.98. The lowest BCUT2D eigenvalue weighted by atomic mass is 10.2. The van der Waals surface area contributed by atoms with Crippen LogP contribution in [0.2, 0.25) is 0 Å². The molecule has 3 N–H and O–H groups in total. The van der Waals surface area contributed by atoms with Gasteiger partial charge in [0.15, 0.2) is 17.1 Å². The van der Waals surface area contributed by atoms with Crippen molar-refractivity contribution in [3.63, 3.8) is 0 Å². The number of carbonyl (C=O) groups excluding carboxylic acids is 1. The summed E-state index contributed by atoms with van der Waals surface area (Å²) >= 11 is 0. The number of anilines is 1. The van der Waals surface area contributed by atoms with E-state index < -0.39 is 0 Å². The van der Waals surface area contributed by atoms with Crippen molar-refractivity contribution in [2.75, 3.05) is 19.1 Å².